The highest BCUT2D eigenvalue weighted by Crippen LogP contribution is 2.41. The highest BCUT2D eigenvalue weighted by Gasteiger charge is 2.42. The lowest BCUT2D eigenvalue weighted by Gasteiger charge is -2.48. The molecule has 39 heavy (non-hydrogen) atoms. The smallest absolute Gasteiger partial charge is 0.189 e. The Labute approximate surface area is 229 Å². The Morgan fingerprint density at radius 3 is 2.74 bits per heavy atom. The predicted molar refractivity (Wildman–Crippen MR) is 149 cm³/mol. The zero-order valence-electron chi connectivity index (χ0n) is 22.2. The number of anilines is 1. The molecule has 0 radical (unpaired) electrons. The molecule has 4 aromatic rings. The van der Waals surface area contributed by atoms with Crippen LogP contribution in [0.5, 0.6) is 5.75 Å². The number of benzene rings is 2. The Kier molecular flexibility index (Phi) is 7.03. The van der Waals surface area contributed by atoms with Crippen LogP contribution in [-0.4, -0.2) is 60.4 Å². The summed E-state index contributed by atoms with van der Waals surface area (Å²) in [5.74, 6) is 0.222. The molecule has 10 heteroatoms. The standard InChI is InChI=1S/C29H30F2N4O3S/c1-4-19-22(30)7-6-17-12-18(37-16-36-2)13-20(23(17)19)25-24(31)26-21(14-32-25)27(34-28(33-26)39-3)35-10-5-8-29(15-35)9-11-38-29/h6-7,12-14H,4-5,8-11,15-16H2,1-3H3. The second-order valence-corrected chi connectivity index (χ2v) is 10.8. The van der Waals surface area contributed by atoms with Crippen molar-refractivity contribution < 1.29 is 23.0 Å². The largest absolute Gasteiger partial charge is 0.468 e. The third kappa shape index (κ3) is 4.58. The molecule has 204 valence electrons. The first-order valence-corrected chi connectivity index (χ1v) is 14.4. The third-order valence-electron chi connectivity index (χ3n) is 7.72. The number of hydrogen-bond donors (Lipinski definition) is 0. The van der Waals surface area contributed by atoms with Crippen LogP contribution in [0.15, 0.2) is 35.6 Å². The Morgan fingerprint density at radius 1 is 1.18 bits per heavy atom. The summed E-state index contributed by atoms with van der Waals surface area (Å²) in [7, 11) is 1.53. The maximum atomic E-state index is 16.5. The van der Waals surface area contributed by atoms with Gasteiger partial charge in [-0.2, -0.15) is 0 Å². The molecule has 2 saturated heterocycles. The molecule has 2 fully saturated rings. The van der Waals surface area contributed by atoms with Crippen LogP contribution >= 0.6 is 11.8 Å². The number of piperidine rings is 1. The molecule has 2 aliphatic rings. The van der Waals surface area contributed by atoms with Crippen LogP contribution in [0.3, 0.4) is 0 Å². The Balaban J connectivity index is 1.55. The quantitative estimate of drug-likeness (QED) is 0.154. The molecule has 0 amide bonds. The Morgan fingerprint density at radius 2 is 2.03 bits per heavy atom. The molecule has 0 saturated carbocycles. The van der Waals surface area contributed by atoms with E-state index in [1.807, 2.05) is 13.2 Å². The molecule has 6 rings (SSSR count). The summed E-state index contributed by atoms with van der Waals surface area (Å²) in [6.07, 6.45) is 6.95. The van der Waals surface area contributed by atoms with Crippen molar-refractivity contribution in [3.63, 3.8) is 0 Å². The highest BCUT2D eigenvalue weighted by atomic mass is 32.2. The van der Waals surface area contributed by atoms with Gasteiger partial charge in [-0.15, -0.1) is 0 Å². The number of thioether (sulfide) groups is 1. The van der Waals surface area contributed by atoms with E-state index >= 15 is 4.39 Å². The molecule has 0 N–H and O–H groups in total. The molecule has 7 nitrogen and oxygen atoms in total. The number of halogens is 2. The van der Waals surface area contributed by atoms with Gasteiger partial charge in [0.2, 0.25) is 0 Å². The van der Waals surface area contributed by atoms with Gasteiger partial charge in [-0.1, -0.05) is 24.8 Å². The molecule has 0 aliphatic carbocycles. The van der Waals surface area contributed by atoms with Crippen molar-refractivity contribution in [2.75, 3.05) is 44.8 Å². The second-order valence-electron chi connectivity index (χ2n) is 10.0. The maximum absolute atomic E-state index is 16.5. The van der Waals surface area contributed by atoms with Crippen molar-refractivity contribution >= 4 is 39.3 Å². The van der Waals surface area contributed by atoms with Gasteiger partial charge >= 0.3 is 0 Å². The van der Waals surface area contributed by atoms with Crippen molar-refractivity contribution in [2.24, 2.45) is 0 Å². The van der Waals surface area contributed by atoms with Crippen LogP contribution in [0.1, 0.15) is 31.7 Å². The van der Waals surface area contributed by atoms with Crippen molar-refractivity contribution in [3.05, 3.63) is 47.7 Å². The SMILES string of the molecule is CCc1c(F)ccc2cc(OCOC)cc(-c3ncc4c(N5CCCC6(CCO6)C5)nc(SC)nc4c3F)c12. The minimum Gasteiger partial charge on any atom is -0.468 e. The zero-order chi connectivity index (χ0) is 27.1. The van der Waals surface area contributed by atoms with Crippen molar-refractivity contribution in [1.29, 1.82) is 0 Å². The van der Waals surface area contributed by atoms with Crippen molar-refractivity contribution in [3.8, 4) is 17.0 Å². The van der Waals surface area contributed by atoms with Crippen LogP contribution in [0.2, 0.25) is 0 Å². The van der Waals surface area contributed by atoms with Crippen molar-refractivity contribution in [1.82, 2.24) is 15.0 Å². The number of pyridine rings is 1. The fraction of sp³-hybridized carbons (Fsp3) is 0.414. The summed E-state index contributed by atoms with van der Waals surface area (Å²) in [6, 6.07) is 6.59. The number of fused-ring (bicyclic) bond motifs is 2. The van der Waals surface area contributed by atoms with Gasteiger partial charge < -0.3 is 19.1 Å². The first-order valence-electron chi connectivity index (χ1n) is 13.1. The molecule has 2 aromatic carbocycles. The molecule has 2 aromatic heterocycles. The third-order valence-corrected chi connectivity index (χ3v) is 8.27. The average molecular weight is 553 g/mol. The van der Waals surface area contributed by atoms with Gasteiger partial charge in [0.1, 0.15) is 28.6 Å². The van der Waals surface area contributed by atoms with E-state index in [0.29, 0.717) is 51.6 Å². The van der Waals surface area contributed by atoms with Gasteiger partial charge in [0.05, 0.1) is 17.6 Å². The minimum atomic E-state index is -0.574. The zero-order valence-corrected chi connectivity index (χ0v) is 23.0. The van der Waals surface area contributed by atoms with E-state index in [1.165, 1.54) is 24.9 Å². The van der Waals surface area contributed by atoms with Crippen LogP contribution < -0.4 is 9.64 Å². The lowest BCUT2D eigenvalue weighted by molar-refractivity contribution is -0.151. The molecule has 2 aliphatic heterocycles. The highest BCUT2D eigenvalue weighted by molar-refractivity contribution is 7.98. The Bertz CT molecular complexity index is 1560. The molecule has 1 atom stereocenters. The summed E-state index contributed by atoms with van der Waals surface area (Å²) in [5.41, 5.74) is 1.07. The van der Waals surface area contributed by atoms with Crippen molar-refractivity contribution in [2.45, 2.75) is 43.4 Å². The van der Waals surface area contributed by atoms with Gasteiger partial charge in [-0.25, -0.2) is 18.7 Å². The van der Waals surface area contributed by atoms with E-state index in [0.717, 1.165) is 37.8 Å². The summed E-state index contributed by atoms with van der Waals surface area (Å²) < 4.78 is 48.2. The minimum absolute atomic E-state index is 0.0229. The van der Waals surface area contributed by atoms with Crippen LogP contribution in [-0.2, 0) is 15.9 Å². The molecular formula is C29H30F2N4O3S. The molecule has 1 unspecified atom stereocenters. The summed E-state index contributed by atoms with van der Waals surface area (Å²) in [6.45, 7) is 4.18. The summed E-state index contributed by atoms with van der Waals surface area (Å²) in [5, 5.41) is 2.35. The van der Waals surface area contributed by atoms with Gasteiger partial charge in [0.25, 0.3) is 0 Å². The number of aromatic nitrogens is 3. The van der Waals surface area contributed by atoms with Crippen LogP contribution in [0.4, 0.5) is 14.6 Å². The second kappa shape index (κ2) is 10.5. The average Bonchev–Trinajstić information content (AvgIpc) is 2.95. The molecule has 1 spiro atoms. The topological polar surface area (TPSA) is 69.6 Å². The number of hydrogen-bond acceptors (Lipinski definition) is 8. The maximum Gasteiger partial charge on any atom is 0.189 e. The summed E-state index contributed by atoms with van der Waals surface area (Å²) >= 11 is 1.36. The van der Waals surface area contributed by atoms with E-state index in [4.69, 9.17) is 19.2 Å². The fourth-order valence-corrected chi connectivity index (χ4v) is 6.12. The summed E-state index contributed by atoms with van der Waals surface area (Å²) in [4.78, 5) is 16.1. The number of methoxy groups -OCH3 is 1. The number of rotatable bonds is 7. The normalized spacial score (nSPS) is 19.2. The first kappa shape index (κ1) is 26.2. The van der Waals surface area contributed by atoms with E-state index < -0.39 is 5.82 Å². The molecule has 4 heterocycles. The van der Waals surface area contributed by atoms with Gasteiger partial charge in [0, 0.05) is 38.4 Å². The Hall–Kier alpha value is -3.08. The van der Waals surface area contributed by atoms with Gasteiger partial charge in [0.15, 0.2) is 17.8 Å². The lowest BCUT2D eigenvalue weighted by Crippen LogP contribution is -2.56. The molecular weight excluding hydrogens is 522 g/mol. The first-order chi connectivity index (χ1) is 19.0. The van der Waals surface area contributed by atoms with Gasteiger partial charge in [-0.05, 0) is 60.1 Å². The fourth-order valence-electron chi connectivity index (χ4n) is 5.76. The monoisotopic (exact) mass is 552 g/mol. The number of aryl methyl sites for hydroxylation is 1. The number of ether oxygens (including phenoxy) is 3. The van der Waals surface area contributed by atoms with E-state index in [-0.39, 0.29) is 29.4 Å². The van der Waals surface area contributed by atoms with Crippen LogP contribution in [0.25, 0.3) is 32.9 Å². The van der Waals surface area contributed by atoms with Gasteiger partial charge in [-0.3, -0.25) is 4.98 Å². The molecule has 0 bridgehead atoms. The van der Waals surface area contributed by atoms with E-state index in [2.05, 4.69) is 14.9 Å². The van der Waals surface area contributed by atoms with Crippen LogP contribution in [0, 0.1) is 11.6 Å². The lowest BCUT2D eigenvalue weighted by atomic mass is 9.86. The number of nitrogens with zero attached hydrogens (tertiary/aromatic N) is 4. The predicted octanol–water partition coefficient (Wildman–Crippen LogP) is 6.15. The van der Waals surface area contributed by atoms with E-state index in [1.54, 1.807) is 24.4 Å². The van der Waals surface area contributed by atoms with E-state index in [9.17, 15) is 4.39 Å².